The SMILES string of the molecule is Oc1cccc(C(NCCC2CC2)C2CCCCC2O)c1. The van der Waals surface area contributed by atoms with Crippen molar-refractivity contribution < 1.29 is 10.2 Å². The van der Waals surface area contributed by atoms with Crippen molar-refractivity contribution >= 4 is 0 Å². The Morgan fingerprint density at radius 3 is 2.67 bits per heavy atom. The van der Waals surface area contributed by atoms with Gasteiger partial charge in [-0.3, -0.25) is 0 Å². The second-order valence-electron chi connectivity index (χ2n) is 6.77. The molecule has 3 heteroatoms. The van der Waals surface area contributed by atoms with E-state index < -0.39 is 0 Å². The van der Waals surface area contributed by atoms with Crippen molar-refractivity contribution in [2.24, 2.45) is 11.8 Å². The molecule has 0 spiro atoms. The number of aliphatic hydroxyl groups is 1. The summed E-state index contributed by atoms with van der Waals surface area (Å²) in [6.07, 6.45) is 8.07. The summed E-state index contributed by atoms with van der Waals surface area (Å²) in [7, 11) is 0. The standard InChI is InChI=1S/C18H27NO2/c20-15-5-3-4-14(12-15)18(19-11-10-13-8-9-13)16-6-1-2-7-17(16)21/h3-5,12-13,16-21H,1-2,6-11H2. The van der Waals surface area contributed by atoms with Crippen molar-refractivity contribution in [1.29, 1.82) is 0 Å². The minimum Gasteiger partial charge on any atom is -0.508 e. The molecule has 0 aliphatic heterocycles. The van der Waals surface area contributed by atoms with E-state index in [1.807, 2.05) is 12.1 Å². The highest BCUT2D eigenvalue weighted by molar-refractivity contribution is 5.30. The summed E-state index contributed by atoms with van der Waals surface area (Å²) in [6, 6.07) is 7.68. The number of hydrogen-bond donors (Lipinski definition) is 3. The maximum Gasteiger partial charge on any atom is 0.115 e. The average Bonchev–Trinajstić information content (AvgIpc) is 3.29. The Morgan fingerprint density at radius 1 is 1.14 bits per heavy atom. The summed E-state index contributed by atoms with van der Waals surface area (Å²) in [4.78, 5) is 0. The summed E-state index contributed by atoms with van der Waals surface area (Å²) in [5.74, 6) is 1.49. The van der Waals surface area contributed by atoms with E-state index in [4.69, 9.17) is 0 Å². The van der Waals surface area contributed by atoms with Crippen molar-refractivity contribution in [2.45, 2.75) is 57.1 Å². The number of aromatic hydroxyl groups is 1. The maximum atomic E-state index is 10.4. The van der Waals surface area contributed by atoms with Gasteiger partial charge >= 0.3 is 0 Å². The molecule has 21 heavy (non-hydrogen) atoms. The molecule has 1 aromatic rings. The minimum absolute atomic E-state index is 0.158. The summed E-state index contributed by atoms with van der Waals surface area (Å²) in [6.45, 7) is 1.01. The van der Waals surface area contributed by atoms with Gasteiger partial charge in [0.2, 0.25) is 0 Å². The second-order valence-corrected chi connectivity index (χ2v) is 6.77. The monoisotopic (exact) mass is 289 g/mol. The first-order chi connectivity index (χ1) is 10.2. The molecule has 2 aliphatic carbocycles. The molecule has 2 aliphatic rings. The van der Waals surface area contributed by atoms with Crippen LogP contribution >= 0.6 is 0 Å². The smallest absolute Gasteiger partial charge is 0.115 e. The third kappa shape index (κ3) is 3.98. The van der Waals surface area contributed by atoms with Crippen LogP contribution in [0.5, 0.6) is 5.75 Å². The van der Waals surface area contributed by atoms with Crippen LogP contribution in [-0.4, -0.2) is 22.9 Å². The number of phenols is 1. The zero-order valence-corrected chi connectivity index (χ0v) is 12.7. The molecule has 0 radical (unpaired) electrons. The molecule has 116 valence electrons. The minimum atomic E-state index is -0.223. The lowest BCUT2D eigenvalue weighted by Gasteiger charge is -2.35. The molecule has 0 amide bonds. The first kappa shape index (κ1) is 14.9. The Bertz CT molecular complexity index is 458. The summed E-state index contributed by atoms with van der Waals surface area (Å²) in [5, 5.41) is 23.8. The van der Waals surface area contributed by atoms with E-state index in [1.54, 1.807) is 6.07 Å². The molecular weight excluding hydrogens is 262 g/mol. The molecule has 0 bridgehead atoms. The van der Waals surface area contributed by atoms with Crippen LogP contribution in [0.3, 0.4) is 0 Å². The Kier molecular flexibility index (Phi) is 4.81. The van der Waals surface area contributed by atoms with E-state index in [9.17, 15) is 10.2 Å². The van der Waals surface area contributed by atoms with Crippen molar-refractivity contribution in [2.75, 3.05) is 6.54 Å². The van der Waals surface area contributed by atoms with Crippen molar-refractivity contribution in [3.05, 3.63) is 29.8 Å². The second kappa shape index (κ2) is 6.80. The van der Waals surface area contributed by atoms with Crippen LogP contribution < -0.4 is 5.32 Å². The predicted octanol–water partition coefficient (Wildman–Crippen LogP) is 3.37. The van der Waals surface area contributed by atoms with Gasteiger partial charge in [0, 0.05) is 12.0 Å². The van der Waals surface area contributed by atoms with Crippen LogP contribution in [0.1, 0.15) is 56.6 Å². The predicted molar refractivity (Wildman–Crippen MR) is 84.2 cm³/mol. The first-order valence-electron chi connectivity index (χ1n) is 8.44. The van der Waals surface area contributed by atoms with E-state index in [0.717, 1.165) is 37.3 Å². The molecule has 2 saturated carbocycles. The van der Waals surface area contributed by atoms with Gasteiger partial charge in [0.05, 0.1) is 6.10 Å². The number of phenolic OH excluding ortho intramolecular Hbond substituents is 1. The van der Waals surface area contributed by atoms with Crippen LogP contribution in [0.25, 0.3) is 0 Å². The number of nitrogens with one attached hydrogen (secondary N) is 1. The zero-order valence-electron chi connectivity index (χ0n) is 12.7. The van der Waals surface area contributed by atoms with Gasteiger partial charge in [-0.1, -0.05) is 37.8 Å². The summed E-state index contributed by atoms with van der Waals surface area (Å²) >= 11 is 0. The largest absolute Gasteiger partial charge is 0.508 e. The molecule has 0 aromatic heterocycles. The van der Waals surface area contributed by atoms with E-state index >= 15 is 0 Å². The normalized spacial score (nSPS) is 27.5. The van der Waals surface area contributed by atoms with Gasteiger partial charge in [-0.05, 0) is 49.4 Å². The van der Waals surface area contributed by atoms with Gasteiger partial charge in [0.25, 0.3) is 0 Å². The molecule has 3 unspecified atom stereocenters. The Labute approximate surface area is 127 Å². The fourth-order valence-corrected chi connectivity index (χ4v) is 3.61. The lowest BCUT2D eigenvalue weighted by atomic mass is 9.79. The van der Waals surface area contributed by atoms with Crippen LogP contribution in [0.2, 0.25) is 0 Å². The molecule has 3 nitrogen and oxygen atoms in total. The molecule has 0 heterocycles. The van der Waals surface area contributed by atoms with Gasteiger partial charge in [0.1, 0.15) is 5.75 Å². The topological polar surface area (TPSA) is 52.5 Å². The Balaban J connectivity index is 1.71. The van der Waals surface area contributed by atoms with Crippen molar-refractivity contribution in [3.63, 3.8) is 0 Å². The van der Waals surface area contributed by atoms with Crippen molar-refractivity contribution in [3.8, 4) is 5.75 Å². The van der Waals surface area contributed by atoms with Gasteiger partial charge in [0.15, 0.2) is 0 Å². The van der Waals surface area contributed by atoms with Crippen LogP contribution in [0, 0.1) is 11.8 Å². The van der Waals surface area contributed by atoms with Crippen LogP contribution in [0.4, 0.5) is 0 Å². The highest BCUT2D eigenvalue weighted by atomic mass is 16.3. The molecule has 2 fully saturated rings. The summed E-state index contributed by atoms with van der Waals surface area (Å²) < 4.78 is 0. The molecule has 0 saturated heterocycles. The van der Waals surface area contributed by atoms with Gasteiger partial charge in [-0.2, -0.15) is 0 Å². The van der Waals surface area contributed by atoms with Crippen LogP contribution in [0.15, 0.2) is 24.3 Å². The third-order valence-electron chi connectivity index (χ3n) is 5.05. The molecule has 3 atom stereocenters. The van der Waals surface area contributed by atoms with Crippen LogP contribution in [-0.2, 0) is 0 Å². The third-order valence-corrected chi connectivity index (χ3v) is 5.05. The zero-order chi connectivity index (χ0) is 14.7. The van der Waals surface area contributed by atoms with Gasteiger partial charge in [-0.15, -0.1) is 0 Å². The van der Waals surface area contributed by atoms with E-state index in [2.05, 4.69) is 11.4 Å². The quantitative estimate of drug-likeness (QED) is 0.752. The summed E-state index contributed by atoms with van der Waals surface area (Å²) in [5.41, 5.74) is 1.11. The maximum absolute atomic E-state index is 10.4. The fraction of sp³-hybridized carbons (Fsp3) is 0.667. The van der Waals surface area contributed by atoms with E-state index in [0.29, 0.717) is 5.75 Å². The molecule has 3 N–H and O–H groups in total. The Hall–Kier alpha value is -1.06. The highest BCUT2D eigenvalue weighted by Gasteiger charge is 2.32. The van der Waals surface area contributed by atoms with Crippen molar-refractivity contribution in [1.82, 2.24) is 5.32 Å². The molecule has 1 aromatic carbocycles. The molecular formula is C18H27NO2. The number of benzene rings is 1. The number of aliphatic hydroxyl groups excluding tert-OH is 1. The fourth-order valence-electron chi connectivity index (χ4n) is 3.61. The van der Waals surface area contributed by atoms with Gasteiger partial charge in [-0.25, -0.2) is 0 Å². The molecule has 3 rings (SSSR count). The highest BCUT2D eigenvalue weighted by Crippen LogP contribution is 2.36. The van der Waals surface area contributed by atoms with E-state index in [1.165, 1.54) is 25.7 Å². The average molecular weight is 289 g/mol. The van der Waals surface area contributed by atoms with Gasteiger partial charge < -0.3 is 15.5 Å². The Morgan fingerprint density at radius 2 is 1.95 bits per heavy atom. The number of hydrogen-bond acceptors (Lipinski definition) is 3. The van der Waals surface area contributed by atoms with E-state index in [-0.39, 0.29) is 18.1 Å². The number of rotatable bonds is 6. The first-order valence-corrected chi connectivity index (χ1v) is 8.44. The lowest BCUT2D eigenvalue weighted by molar-refractivity contribution is 0.0476. The lowest BCUT2D eigenvalue weighted by Crippen LogP contribution is -2.37.